The van der Waals surface area contributed by atoms with Gasteiger partial charge in [-0.05, 0) is 37.1 Å². The van der Waals surface area contributed by atoms with Crippen molar-refractivity contribution in [3.05, 3.63) is 64.2 Å². The summed E-state index contributed by atoms with van der Waals surface area (Å²) in [6.45, 7) is 1.19. The molecule has 0 saturated carbocycles. The number of non-ortho nitro benzene ring substituents is 1. The Hall–Kier alpha value is -3.60. The minimum atomic E-state index is -1.10. The van der Waals surface area contributed by atoms with E-state index in [9.17, 15) is 28.5 Å². The number of nitro benzene ring substituents is 1. The van der Waals surface area contributed by atoms with E-state index in [4.69, 9.17) is 0 Å². The van der Waals surface area contributed by atoms with E-state index in [1.807, 2.05) is 0 Å². The second-order valence-corrected chi connectivity index (χ2v) is 7.62. The number of carbonyl (C=O) groups excluding carboxylic acids is 2. The zero-order chi connectivity index (χ0) is 22.2. The maximum atomic E-state index is 13.3. The molecule has 9 nitrogen and oxygen atoms in total. The Kier molecular flexibility index (Phi) is 5.27. The quantitative estimate of drug-likeness (QED) is 0.571. The number of nitro groups is 1. The summed E-state index contributed by atoms with van der Waals surface area (Å²) in [6, 6.07) is 8.42. The number of imide groups is 1. The second-order valence-electron chi connectivity index (χ2n) is 7.62. The summed E-state index contributed by atoms with van der Waals surface area (Å²) in [4.78, 5) is 37.3. The summed E-state index contributed by atoms with van der Waals surface area (Å²) in [5.41, 5.74) is 3.30. The molecular weight excluding hydrogens is 412 g/mol. The molecule has 3 amide bonds. The number of amides is 3. The number of benzene rings is 2. The first kappa shape index (κ1) is 20.7. The van der Waals surface area contributed by atoms with Crippen molar-refractivity contribution in [1.82, 2.24) is 10.4 Å². The normalized spacial score (nSPS) is 17.8. The van der Waals surface area contributed by atoms with Gasteiger partial charge in [0.05, 0.1) is 10.5 Å². The van der Waals surface area contributed by atoms with E-state index in [0.717, 1.165) is 22.8 Å². The predicted octanol–water partition coefficient (Wildman–Crippen LogP) is 3.18. The van der Waals surface area contributed by atoms with Crippen LogP contribution in [0.3, 0.4) is 0 Å². The van der Waals surface area contributed by atoms with E-state index in [1.54, 1.807) is 12.1 Å². The average molecular weight is 431 g/mol. The van der Waals surface area contributed by atoms with Gasteiger partial charge >= 0.3 is 6.03 Å². The van der Waals surface area contributed by atoms with Gasteiger partial charge in [0.15, 0.2) is 11.6 Å². The maximum Gasteiger partial charge on any atom is 0.343 e. The number of carbonyl (C=O) groups is 2. The van der Waals surface area contributed by atoms with Crippen molar-refractivity contribution in [3.63, 3.8) is 0 Å². The second kappa shape index (κ2) is 7.91. The lowest BCUT2D eigenvalue weighted by Crippen LogP contribution is -2.55. The Morgan fingerprint density at radius 2 is 1.77 bits per heavy atom. The topological polar surface area (TPSA) is 108 Å². The third kappa shape index (κ3) is 4.17. The number of hydrazine groups is 1. The van der Waals surface area contributed by atoms with Crippen LogP contribution in [-0.4, -0.2) is 40.5 Å². The van der Waals surface area contributed by atoms with Crippen LogP contribution in [0.25, 0.3) is 0 Å². The van der Waals surface area contributed by atoms with Crippen LogP contribution in [0.4, 0.5) is 30.6 Å². The lowest BCUT2D eigenvalue weighted by atomic mass is 9.86. The summed E-state index contributed by atoms with van der Waals surface area (Å²) in [7, 11) is 0. The Balaban J connectivity index is 1.38. The van der Waals surface area contributed by atoms with Gasteiger partial charge in [-0.2, -0.15) is 5.01 Å². The molecule has 2 aromatic rings. The lowest BCUT2D eigenvalue weighted by Gasteiger charge is -2.40. The predicted molar refractivity (Wildman–Crippen MR) is 107 cm³/mol. The van der Waals surface area contributed by atoms with Gasteiger partial charge in [-0.25, -0.2) is 19.0 Å². The molecule has 2 aliphatic heterocycles. The number of piperidine rings is 1. The van der Waals surface area contributed by atoms with Crippen LogP contribution in [0, 0.1) is 21.7 Å². The minimum absolute atomic E-state index is 0.0166. The van der Waals surface area contributed by atoms with Crippen LogP contribution in [0.2, 0.25) is 0 Å². The van der Waals surface area contributed by atoms with Gasteiger partial charge in [-0.1, -0.05) is 0 Å². The highest BCUT2D eigenvalue weighted by molar-refractivity contribution is 6.02. The highest BCUT2D eigenvalue weighted by Gasteiger charge is 2.47. The Bertz CT molecular complexity index is 1040. The zero-order valence-electron chi connectivity index (χ0n) is 16.3. The molecule has 0 aromatic heterocycles. The summed E-state index contributed by atoms with van der Waals surface area (Å²) in [5.74, 6) is -2.55. The third-order valence-corrected chi connectivity index (χ3v) is 5.61. The molecule has 2 aromatic carbocycles. The average Bonchev–Trinajstić information content (AvgIpc) is 3.07. The van der Waals surface area contributed by atoms with E-state index in [0.29, 0.717) is 25.9 Å². The van der Waals surface area contributed by atoms with Crippen molar-refractivity contribution in [3.8, 4) is 0 Å². The van der Waals surface area contributed by atoms with Gasteiger partial charge in [0, 0.05) is 49.1 Å². The molecule has 0 aliphatic carbocycles. The fourth-order valence-corrected chi connectivity index (χ4v) is 3.89. The van der Waals surface area contributed by atoms with Crippen molar-refractivity contribution in [2.75, 3.05) is 23.3 Å². The van der Waals surface area contributed by atoms with E-state index in [1.165, 1.54) is 18.2 Å². The maximum absolute atomic E-state index is 13.3. The van der Waals surface area contributed by atoms with E-state index >= 15 is 0 Å². The number of urea groups is 1. The van der Waals surface area contributed by atoms with Gasteiger partial charge in [-0.15, -0.1) is 0 Å². The minimum Gasteiger partial charge on any atom is -0.371 e. The lowest BCUT2D eigenvalue weighted by molar-refractivity contribution is -0.384. The molecule has 0 unspecified atom stereocenters. The molecule has 2 aliphatic rings. The SMILES string of the molecule is O=C1CC2(CCN(c3ccc([N+](=O)[O-])cc3)CC2)NN1C(=O)Nc1ccc(F)c(F)c1. The molecule has 2 N–H and O–H groups in total. The number of hydrogen-bond acceptors (Lipinski definition) is 6. The monoisotopic (exact) mass is 431 g/mol. The fraction of sp³-hybridized carbons (Fsp3) is 0.300. The molecule has 11 heteroatoms. The first-order valence-corrected chi connectivity index (χ1v) is 9.63. The van der Waals surface area contributed by atoms with Crippen molar-refractivity contribution in [1.29, 1.82) is 0 Å². The molecule has 2 saturated heterocycles. The summed E-state index contributed by atoms with van der Waals surface area (Å²) in [5, 5.41) is 14.1. The number of hydrogen-bond donors (Lipinski definition) is 2. The van der Waals surface area contributed by atoms with Crippen molar-refractivity contribution < 1.29 is 23.3 Å². The number of rotatable bonds is 3. The highest BCUT2D eigenvalue weighted by Crippen LogP contribution is 2.33. The zero-order valence-corrected chi connectivity index (χ0v) is 16.3. The largest absolute Gasteiger partial charge is 0.371 e. The summed E-state index contributed by atoms with van der Waals surface area (Å²) >= 11 is 0. The molecule has 1 spiro atoms. The smallest absolute Gasteiger partial charge is 0.343 e. The van der Waals surface area contributed by atoms with Crippen LogP contribution in [0.5, 0.6) is 0 Å². The van der Waals surface area contributed by atoms with Gasteiger partial charge < -0.3 is 10.2 Å². The Morgan fingerprint density at radius 3 is 2.39 bits per heavy atom. The van der Waals surface area contributed by atoms with E-state index in [2.05, 4.69) is 15.6 Å². The molecule has 0 bridgehead atoms. The molecular formula is C20H19F2N5O4. The number of nitrogens with one attached hydrogen (secondary N) is 2. The number of halogens is 2. The first-order chi connectivity index (χ1) is 14.8. The molecule has 2 heterocycles. The van der Waals surface area contributed by atoms with Gasteiger partial charge in [-0.3, -0.25) is 14.9 Å². The van der Waals surface area contributed by atoms with E-state index < -0.39 is 34.0 Å². The number of nitrogens with zero attached hydrogens (tertiary/aromatic N) is 3. The highest BCUT2D eigenvalue weighted by atomic mass is 19.2. The molecule has 0 atom stereocenters. The molecule has 162 valence electrons. The van der Waals surface area contributed by atoms with Crippen molar-refractivity contribution >= 4 is 29.0 Å². The van der Waals surface area contributed by atoms with Gasteiger partial charge in [0.2, 0.25) is 5.91 Å². The van der Waals surface area contributed by atoms with Crippen LogP contribution < -0.4 is 15.6 Å². The third-order valence-electron chi connectivity index (χ3n) is 5.61. The van der Waals surface area contributed by atoms with Crippen LogP contribution in [0.15, 0.2) is 42.5 Å². The fourth-order valence-electron chi connectivity index (χ4n) is 3.89. The van der Waals surface area contributed by atoms with E-state index in [-0.39, 0.29) is 17.8 Å². The Labute approximate surface area is 175 Å². The summed E-state index contributed by atoms with van der Waals surface area (Å²) < 4.78 is 26.4. The Morgan fingerprint density at radius 1 is 1.10 bits per heavy atom. The molecule has 31 heavy (non-hydrogen) atoms. The van der Waals surface area contributed by atoms with Crippen LogP contribution in [0.1, 0.15) is 19.3 Å². The van der Waals surface area contributed by atoms with Gasteiger partial charge in [0.25, 0.3) is 5.69 Å². The van der Waals surface area contributed by atoms with Crippen LogP contribution >= 0.6 is 0 Å². The standard InChI is InChI=1S/C20H19F2N5O4/c21-16-6-1-13(11-17(16)22)23-19(29)26-18(28)12-20(24-26)7-9-25(10-8-20)14-2-4-15(5-3-14)27(30)31/h1-6,11,24H,7-10,12H2,(H,23,29). The van der Waals surface area contributed by atoms with Crippen molar-refractivity contribution in [2.45, 2.75) is 24.8 Å². The van der Waals surface area contributed by atoms with Crippen LogP contribution in [-0.2, 0) is 4.79 Å². The molecule has 2 fully saturated rings. The summed E-state index contributed by atoms with van der Waals surface area (Å²) in [6.07, 6.45) is 1.28. The van der Waals surface area contributed by atoms with Crippen molar-refractivity contribution in [2.24, 2.45) is 0 Å². The first-order valence-electron chi connectivity index (χ1n) is 9.63. The number of anilines is 2. The molecule has 0 radical (unpaired) electrons. The van der Waals surface area contributed by atoms with Gasteiger partial charge in [0.1, 0.15) is 0 Å². The molecule has 4 rings (SSSR count).